The van der Waals surface area contributed by atoms with Crippen LogP contribution in [0.1, 0.15) is 15.1 Å². The quantitative estimate of drug-likeness (QED) is 0.172. The van der Waals surface area contributed by atoms with Crippen molar-refractivity contribution in [2.45, 2.75) is 0 Å². The number of para-hydroxylation sites is 2. The molecule has 2 heterocycles. The summed E-state index contributed by atoms with van der Waals surface area (Å²) in [5.41, 5.74) is 4.81. The fraction of sp³-hybridized carbons (Fsp3) is 0. The molecule has 55 heavy (non-hydrogen) atoms. The lowest BCUT2D eigenvalue weighted by molar-refractivity contribution is 0.668. The first-order valence-electron chi connectivity index (χ1n) is 23.3. The molecule has 0 unspecified atom stereocenters. The molecule has 11 rings (SSSR count). The van der Waals surface area contributed by atoms with E-state index in [1.165, 1.54) is 0 Å². The number of nitrogens with zero attached hydrogens (tertiary/aromatic N) is 1. The molecule has 0 N–H and O–H groups in total. The predicted octanol–water partition coefficient (Wildman–Crippen LogP) is 15.1. The maximum Gasteiger partial charge on any atom is 0.136 e. The van der Waals surface area contributed by atoms with E-state index in [-0.39, 0.29) is 38.8 Å². The van der Waals surface area contributed by atoms with Gasteiger partial charge in [0.25, 0.3) is 0 Å². The molecule has 0 aliphatic heterocycles. The zero-order valence-corrected chi connectivity index (χ0v) is 29.0. The molecule has 0 atom stereocenters. The number of benzene rings is 9. The van der Waals surface area contributed by atoms with Crippen LogP contribution in [0.4, 0.5) is 17.1 Å². The third kappa shape index (κ3) is 5.28. The second kappa shape index (κ2) is 12.6. The van der Waals surface area contributed by atoms with Crippen LogP contribution in [-0.2, 0) is 0 Å². The van der Waals surface area contributed by atoms with Gasteiger partial charge in [0.2, 0.25) is 0 Å². The topological polar surface area (TPSA) is 29.5 Å². The van der Waals surface area contributed by atoms with Crippen LogP contribution in [0.3, 0.4) is 0 Å². The lowest BCUT2D eigenvalue weighted by atomic mass is 9.97. The molecular formula is C52H33NO2. The minimum Gasteiger partial charge on any atom is -0.456 e. The Labute approximate surface area is 333 Å². The van der Waals surface area contributed by atoms with E-state index >= 15 is 0 Å². The lowest BCUT2D eigenvalue weighted by Gasteiger charge is -2.26. The first-order chi connectivity index (χ1) is 31.8. The van der Waals surface area contributed by atoms with Gasteiger partial charge in [-0.1, -0.05) is 133 Å². The Bertz CT molecular complexity index is 3810. The fourth-order valence-electron chi connectivity index (χ4n) is 7.47. The van der Waals surface area contributed by atoms with Crippen LogP contribution >= 0.6 is 0 Å². The molecule has 258 valence electrons. The van der Waals surface area contributed by atoms with Crippen LogP contribution < -0.4 is 4.90 Å². The molecule has 0 aliphatic carbocycles. The largest absolute Gasteiger partial charge is 0.456 e. The highest BCUT2D eigenvalue weighted by molar-refractivity contribution is 6.12. The van der Waals surface area contributed by atoms with E-state index in [1.807, 2.05) is 127 Å². The summed E-state index contributed by atoms with van der Waals surface area (Å²) in [6.07, 6.45) is 0. The van der Waals surface area contributed by atoms with Crippen LogP contribution in [-0.4, -0.2) is 0 Å². The van der Waals surface area contributed by atoms with Gasteiger partial charge < -0.3 is 13.7 Å². The second-order valence-electron chi connectivity index (χ2n) is 13.2. The Morgan fingerprint density at radius 1 is 0.364 bits per heavy atom. The van der Waals surface area contributed by atoms with Crippen molar-refractivity contribution in [3.05, 3.63) is 200 Å². The zero-order chi connectivity index (χ0) is 45.9. The van der Waals surface area contributed by atoms with Crippen molar-refractivity contribution in [1.82, 2.24) is 0 Å². The highest BCUT2D eigenvalue weighted by Crippen LogP contribution is 2.41. The average molecular weight is 715 g/mol. The monoisotopic (exact) mass is 714 g/mol. The predicted molar refractivity (Wildman–Crippen MR) is 229 cm³/mol. The number of furan rings is 2. The maximum atomic E-state index is 9.62. The first-order valence-corrected chi connectivity index (χ1v) is 17.8. The molecule has 0 spiro atoms. The Morgan fingerprint density at radius 3 is 1.85 bits per heavy atom. The fourth-order valence-corrected chi connectivity index (χ4v) is 7.47. The van der Waals surface area contributed by atoms with Gasteiger partial charge in [-0.05, 0) is 111 Å². The van der Waals surface area contributed by atoms with Gasteiger partial charge in [0.1, 0.15) is 22.3 Å². The van der Waals surface area contributed by atoms with Gasteiger partial charge >= 0.3 is 0 Å². The molecule has 0 bridgehead atoms. The van der Waals surface area contributed by atoms with E-state index in [1.54, 1.807) is 4.90 Å². The Morgan fingerprint density at radius 2 is 1.02 bits per heavy atom. The Balaban J connectivity index is 1.11. The molecular weight excluding hydrogens is 671 g/mol. The Hall–Kier alpha value is -7.36. The minimum absolute atomic E-state index is 0.104. The summed E-state index contributed by atoms with van der Waals surface area (Å²) < 4.78 is 111. The standard InChI is InChI=1S/C52H33NO2/c1-2-11-42-35(9-1)10-7-14-43(42)36-21-28-40(29-22-36)53(39-26-19-34(20-27-39)38-25-32-46-45-12-3-5-16-48(45)55-51(46)33-38)41-30-23-37(24-31-41)44-15-8-18-50-52(44)47-13-4-6-17-49(47)54-50/h1-33H/i4D,6D,8D,13D,15D,17D,18D,23D,24D,30D,31D. The molecule has 0 radical (unpaired) electrons. The van der Waals surface area contributed by atoms with Gasteiger partial charge in [0.05, 0.1) is 15.1 Å². The van der Waals surface area contributed by atoms with Gasteiger partial charge in [0.15, 0.2) is 0 Å². The van der Waals surface area contributed by atoms with Crippen molar-refractivity contribution >= 4 is 71.7 Å². The van der Waals surface area contributed by atoms with Gasteiger partial charge in [-0.3, -0.25) is 0 Å². The summed E-state index contributed by atoms with van der Waals surface area (Å²) in [5, 5.41) is 3.79. The van der Waals surface area contributed by atoms with Crippen molar-refractivity contribution in [1.29, 1.82) is 0 Å². The molecule has 9 aromatic carbocycles. The maximum absolute atomic E-state index is 9.62. The molecule has 0 fully saturated rings. The van der Waals surface area contributed by atoms with E-state index in [2.05, 4.69) is 6.07 Å². The highest BCUT2D eigenvalue weighted by atomic mass is 16.3. The molecule has 3 heteroatoms. The minimum atomic E-state index is -0.639. The van der Waals surface area contributed by atoms with E-state index in [9.17, 15) is 5.48 Å². The SMILES string of the molecule is [2H]c1c([2H])c(N(c2ccc(-c3ccc4c(c3)oc3ccccc34)cc2)c2ccc(-c3cccc4ccccc34)cc2)c([2H])c([2H])c1-c1c([2H])c([2H])c([2H])c2oc3c([2H])c([2H])c([2H])c([2H])c3c12. The number of hydrogen-bond acceptors (Lipinski definition) is 3. The summed E-state index contributed by atoms with van der Waals surface area (Å²) in [7, 11) is 0. The van der Waals surface area contributed by atoms with Crippen LogP contribution in [0.5, 0.6) is 0 Å². The van der Waals surface area contributed by atoms with Crippen molar-refractivity contribution in [3.63, 3.8) is 0 Å². The number of hydrogen-bond donors (Lipinski definition) is 0. The first kappa shape index (κ1) is 22.0. The van der Waals surface area contributed by atoms with Gasteiger partial charge in [0, 0.05) is 38.6 Å². The van der Waals surface area contributed by atoms with Crippen molar-refractivity contribution < 1.29 is 23.9 Å². The summed E-state index contributed by atoms with van der Waals surface area (Å²) in [5.74, 6) is 0. The molecule has 0 aliphatic rings. The third-order valence-corrected chi connectivity index (χ3v) is 10.1. The normalized spacial score (nSPS) is 14.4. The molecule has 0 saturated heterocycles. The van der Waals surface area contributed by atoms with Crippen molar-refractivity contribution in [2.75, 3.05) is 4.90 Å². The van der Waals surface area contributed by atoms with E-state index in [4.69, 9.17) is 18.4 Å². The van der Waals surface area contributed by atoms with Gasteiger partial charge in [-0.2, -0.15) is 0 Å². The number of fused-ring (bicyclic) bond motifs is 7. The van der Waals surface area contributed by atoms with Crippen LogP contribution in [0, 0.1) is 0 Å². The molecule has 2 aromatic heterocycles. The second-order valence-corrected chi connectivity index (χ2v) is 13.2. The Kier molecular flexibility index (Phi) is 5.06. The third-order valence-electron chi connectivity index (χ3n) is 10.1. The number of anilines is 3. The van der Waals surface area contributed by atoms with Crippen molar-refractivity contribution in [3.8, 4) is 33.4 Å². The lowest BCUT2D eigenvalue weighted by Crippen LogP contribution is -2.09. The molecule has 0 amide bonds. The van der Waals surface area contributed by atoms with Crippen LogP contribution in [0.15, 0.2) is 209 Å². The smallest absolute Gasteiger partial charge is 0.136 e. The van der Waals surface area contributed by atoms with E-state index in [0.29, 0.717) is 11.4 Å². The molecule has 0 saturated carbocycles. The van der Waals surface area contributed by atoms with Crippen LogP contribution in [0.2, 0.25) is 0 Å². The van der Waals surface area contributed by atoms with E-state index < -0.39 is 66.5 Å². The molecule has 3 nitrogen and oxygen atoms in total. The number of rotatable bonds is 6. The van der Waals surface area contributed by atoms with Gasteiger partial charge in [-0.25, -0.2) is 0 Å². The zero-order valence-electron chi connectivity index (χ0n) is 40.0. The van der Waals surface area contributed by atoms with Crippen molar-refractivity contribution in [2.24, 2.45) is 0 Å². The van der Waals surface area contributed by atoms with Crippen LogP contribution in [0.25, 0.3) is 88.0 Å². The summed E-state index contributed by atoms with van der Waals surface area (Å²) in [6.45, 7) is 0. The summed E-state index contributed by atoms with van der Waals surface area (Å²) >= 11 is 0. The summed E-state index contributed by atoms with van der Waals surface area (Å²) in [4.78, 5) is 1.65. The highest BCUT2D eigenvalue weighted by Gasteiger charge is 2.17. The summed E-state index contributed by atoms with van der Waals surface area (Å²) in [6, 6.07) is 37.0. The van der Waals surface area contributed by atoms with E-state index in [0.717, 1.165) is 55.0 Å². The average Bonchev–Trinajstić information content (AvgIpc) is 3.93. The molecule has 11 aromatic rings. The van der Waals surface area contributed by atoms with Gasteiger partial charge in [-0.15, -0.1) is 0 Å².